The van der Waals surface area contributed by atoms with Crippen LogP contribution in [0.2, 0.25) is 0 Å². The lowest BCUT2D eigenvalue weighted by atomic mass is 9.93. The summed E-state index contributed by atoms with van der Waals surface area (Å²) in [6.45, 7) is 0.311. The van der Waals surface area contributed by atoms with Crippen LogP contribution in [0.4, 0.5) is 4.39 Å². The molecule has 4 rings (SSSR count). The minimum Gasteiger partial charge on any atom is -0.457 e. The lowest BCUT2D eigenvalue weighted by molar-refractivity contribution is -0.136. The molecular weight excluding hydrogens is 371 g/mol. The molecule has 0 saturated heterocycles. The van der Waals surface area contributed by atoms with Gasteiger partial charge in [0, 0.05) is 19.0 Å². The van der Waals surface area contributed by atoms with Gasteiger partial charge in [0.05, 0.1) is 5.56 Å². The molecule has 3 aromatic rings. The number of furan rings is 1. The molecule has 0 radical (unpaired) electrons. The highest BCUT2D eigenvalue weighted by molar-refractivity contribution is 5.95. The van der Waals surface area contributed by atoms with Crippen molar-refractivity contribution in [3.8, 4) is 11.3 Å². The van der Waals surface area contributed by atoms with E-state index in [-0.39, 0.29) is 11.7 Å². The van der Waals surface area contributed by atoms with Crippen LogP contribution < -0.4 is 5.73 Å². The minimum atomic E-state index is -0.701. The maximum atomic E-state index is 13.9. The first-order valence-corrected chi connectivity index (χ1v) is 9.22. The van der Waals surface area contributed by atoms with Crippen LogP contribution in [0.25, 0.3) is 17.4 Å². The fourth-order valence-electron chi connectivity index (χ4n) is 3.51. The number of halogens is 1. The number of hydrogen-bond acceptors (Lipinski definition) is 3. The van der Waals surface area contributed by atoms with Gasteiger partial charge in [0.15, 0.2) is 0 Å². The number of rotatable bonds is 4. The van der Waals surface area contributed by atoms with E-state index in [1.54, 1.807) is 30.3 Å². The first kappa shape index (κ1) is 18.7. The van der Waals surface area contributed by atoms with Crippen LogP contribution in [0.1, 0.15) is 16.9 Å². The Kier molecular flexibility index (Phi) is 4.99. The SMILES string of the molecule is NC(=O)C1Cc2ccccc2CN1C(=O)/C=C/c1ccc(-c2ccccc2F)o1. The largest absolute Gasteiger partial charge is 0.457 e. The third-order valence-corrected chi connectivity index (χ3v) is 5.02. The number of carbonyl (C=O) groups excluding carboxylic acids is 2. The molecule has 2 aromatic carbocycles. The lowest BCUT2D eigenvalue weighted by Crippen LogP contribution is -2.50. The summed E-state index contributed by atoms with van der Waals surface area (Å²) in [6.07, 6.45) is 3.24. The summed E-state index contributed by atoms with van der Waals surface area (Å²) in [5.41, 5.74) is 7.89. The maximum Gasteiger partial charge on any atom is 0.247 e. The molecule has 1 aliphatic heterocycles. The predicted octanol–water partition coefficient (Wildman–Crippen LogP) is 3.54. The van der Waals surface area contributed by atoms with Crippen LogP contribution in [0.15, 0.2) is 71.2 Å². The van der Waals surface area contributed by atoms with Crippen molar-refractivity contribution in [3.05, 3.63) is 89.4 Å². The summed E-state index contributed by atoms with van der Waals surface area (Å²) < 4.78 is 19.5. The fraction of sp³-hybridized carbons (Fsp3) is 0.130. The Labute approximate surface area is 167 Å². The first-order valence-electron chi connectivity index (χ1n) is 9.22. The third kappa shape index (κ3) is 3.82. The average Bonchev–Trinajstić information content (AvgIpc) is 3.20. The van der Waals surface area contributed by atoms with Gasteiger partial charge < -0.3 is 15.1 Å². The van der Waals surface area contributed by atoms with E-state index in [1.807, 2.05) is 24.3 Å². The van der Waals surface area contributed by atoms with Gasteiger partial charge in [-0.1, -0.05) is 36.4 Å². The number of hydrogen-bond donors (Lipinski definition) is 1. The highest BCUT2D eigenvalue weighted by atomic mass is 19.1. The number of nitrogens with zero attached hydrogens (tertiary/aromatic N) is 1. The Bertz CT molecular complexity index is 1100. The van der Waals surface area contributed by atoms with E-state index in [9.17, 15) is 14.0 Å². The molecule has 2 amide bonds. The van der Waals surface area contributed by atoms with Gasteiger partial charge >= 0.3 is 0 Å². The second-order valence-electron chi connectivity index (χ2n) is 6.87. The summed E-state index contributed by atoms with van der Waals surface area (Å²) in [4.78, 5) is 26.1. The van der Waals surface area contributed by atoms with Crippen LogP contribution in [-0.2, 0) is 22.6 Å². The van der Waals surface area contributed by atoms with Crippen molar-refractivity contribution < 1.29 is 18.4 Å². The van der Waals surface area contributed by atoms with Crippen LogP contribution >= 0.6 is 0 Å². The van der Waals surface area contributed by atoms with Gasteiger partial charge in [0.1, 0.15) is 23.4 Å². The van der Waals surface area contributed by atoms with Crippen molar-refractivity contribution >= 4 is 17.9 Å². The zero-order chi connectivity index (χ0) is 20.4. The molecule has 2 N–H and O–H groups in total. The Balaban J connectivity index is 1.54. The van der Waals surface area contributed by atoms with Gasteiger partial charge in [-0.15, -0.1) is 0 Å². The topological polar surface area (TPSA) is 76.5 Å². The molecule has 0 aliphatic carbocycles. The Morgan fingerprint density at radius 1 is 1.03 bits per heavy atom. The number of nitrogens with two attached hydrogens (primary N) is 1. The van der Waals surface area contributed by atoms with Crippen molar-refractivity contribution in [1.29, 1.82) is 0 Å². The molecule has 0 saturated carbocycles. The maximum absolute atomic E-state index is 13.9. The number of amides is 2. The van der Waals surface area contributed by atoms with E-state index in [4.69, 9.17) is 10.2 Å². The number of fused-ring (bicyclic) bond motifs is 1. The average molecular weight is 390 g/mol. The first-order chi connectivity index (χ1) is 14.0. The zero-order valence-electron chi connectivity index (χ0n) is 15.5. The molecule has 2 heterocycles. The van der Waals surface area contributed by atoms with Crippen LogP contribution in [-0.4, -0.2) is 22.8 Å². The number of carbonyl (C=O) groups is 2. The highest BCUT2D eigenvalue weighted by Gasteiger charge is 2.32. The van der Waals surface area contributed by atoms with E-state index in [2.05, 4.69) is 0 Å². The summed E-state index contributed by atoms with van der Waals surface area (Å²) in [5.74, 6) is -0.486. The van der Waals surface area contributed by atoms with Crippen molar-refractivity contribution in [3.63, 3.8) is 0 Å². The molecule has 146 valence electrons. The van der Waals surface area contributed by atoms with Gasteiger partial charge in [-0.3, -0.25) is 9.59 Å². The van der Waals surface area contributed by atoms with Crippen LogP contribution in [0.5, 0.6) is 0 Å². The van der Waals surface area contributed by atoms with E-state index < -0.39 is 11.9 Å². The molecule has 6 heteroatoms. The van der Waals surface area contributed by atoms with Gasteiger partial charge in [-0.25, -0.2) is 4.39 Å². The fourth-order valence-corrected chi connectivity index (χ4v) is 3.51. The molecule has 1 unspecified atom stereocenters. The summed E-state index contributed by atoms with van der Waals surface area (Å²) in [7, 11) is 0. The molecule has 5 nitrogen and oxygen atoms in total. The Morgan fingerprint density at radius 2 is 1.76 bits per heavy atom. The second kappa shape index (κ2) is 7.75. The van der Waals surface area contributed by atoms with Gasteiger partial charge in [-0.2, -0.15) is 0 Å². The molecule has 29 heavy (non-hydrogen) atoms. The van der Waals surface area contributed by atoms with E-state index in [0.29, 0.717) is 30.0 Å². The minimum absolute atomic E-state index is 0.311. The second-order valence-corrected chi connectivity index (χ2v) is 6.87. The van der Waals surface area contributed by atoms with E-state index in [1.165, 1.54) is 23.1 Å². The van der Waals surface area contributed by atoms with Crippen molar-refractivity contribution in [1.82, 2.24) is 4.90 Å². The van der Waals surface area contributed by atoms with Crippen LogP contribution in [0, 0.1) is 5.82 Å². The molecule has 0 bridgehead atoms. The monoisotopic (exact) mass is 390 g/mol. The highest BCUT2D eigenvalue weighted by Crippen LogP contribution is 2.26. The van der Waals surface area contributed by atoms with E-state index in [0.717, 1.165) is 11.1 Å². The van der Waals surface area contributed by atoms with Gasteiger partial charge in [-0.05, 0) is 41.5 Å². The molecule has 0 fully saturated rings. The predicted molar refractivity (Wildman–Crippen MR) is 107 cm³/mol. The molecular formula is C23H19FN2O3. The van der Waals surface area contributed by atoms with E-state index >= 15 is 0 Å². The lowest BCUT2D eigenvalue weighted by Gasteiger charge is -2.34. The molecule has 1 atom stereocenters. The molecule has 0 spiro atoms. The smallest absolute Gasteiger partial charge is 0.247 e. The summed E-state index contributed by atoms with van der Waals surface area (Å²) in [6, 6.07) is 16.6. The summed E-state index contributed by atoms with van der Waals surface area (Å²) in [5, 5.41) is 0. The number of primary amides is 1. The quantitative estimate of drug-likeness (QED) is 0.693. The van der Waals surface area contributed by atoms with Crippen LogP contribution in [0.3, 0.4) is 0 Å². The van der Waals surface area contributed by atoms with Crippen molar-refractivity contribution in [2.24, 2.45) is 5.73 Å². The standard InChI is InChI=1S/C23H19FN2O3/c24-19-8-4-3-7-18(19)21-11-9-17(29-21)10-12-22(27)26-14-16-6-2-1-5-15(16)13-20(26)23(25)28/h1-12,20H,13-14H2,(H2,25,28)/b12-10+. The molecule has 1 aliphatic rings. The van der Waals surface area contributed by atoms with Gasteiger partial charge in [0.25, 0.3) is 0 Å². The third-order valence-electron chi connectivity index (χ3n) is 5.02. The molecule has 1 aromatic heterocycles. The Hall–Kier alpha value is -3.67. The van der Waals surface area contributed by atoms with Gasteiger partial charge in [0.2, 0.25) is 11.8 Å². The van der Waals surface area contributed by atoms with Crippen molar-refractivity contribution in [2.45, 2.75) is 19.0 Å². The van der Waals surface area contributed by atoms with Crippen molar-refractivity contribution in [2.75, 3.05) is 0 Å². The Morgan fingerprint density at radius 3 is 2.52 bits per heavy atom. The number of benzene rings is 2. The normalized spacial score (nSPS) is 16.0. The summed E-state index contributed by atoms with van der Waals surface area (Å²) >= 11 is 0. The zero-order valence-corrected chi connectivity index (χ0v) is 15.5.